The van der Waals surface area contributed by atoms with Crippen LogP contribution in [0, 0.1) is 5.92 Å². The number of aromatic carboxylic acids is 2. The Labute approximate surface area is 189 Å². The highest BCUT2D eigenvalue weighted by Gasteiger charge is 2.65. The summed E-state index contributed by atoms with van der Waals surface area (Å²) in [6.07, 6.45) is -5.35. The quantitative estimate of drug-likeness (QED) is 0.461. The fourth-order valence-corrected chi connectivity index (χ4v) is 4.42. The highest BCUT2D eigenvalue weighted by Crippen LogP contribution is 2.56. The normalized spacial score (nSPS) is 24.4. The topological polar surface area (TPSA) is 149 Å². The Bertz CT molecular complexity index is 1200. The van der Waals surface area contributed by atoms with Gasteiger partial charge in [-0.2, -0.15) is 13.2 Å². The lowest BCUT2D eigenvalue weighted by Crippen LogP contribution is -2.56. The van der Waals surface area contributed by atoms with E-state index in [0.29, 0.717) is 24.3 Å². The number of alkyl halides is 3. The van der Waals surface area contributed by atoms with Crippen molar-refractivity contribution in [3.8, 4) is 0 Å². The zero-order chi connectivity index (χ0) is 25.5. The van der Waals surface area contributed by atoms with E-state index in [1.165, 1.54) is 30.3 Å². The Morgan fingerprint density at radius 2 is 1.41 bits per heavy atom. The van der Waals surface area contributed by atoms with E-state index in [1.54, 1.807) is 0 Å². The molecule has 0 heterocycles. The van der Waals surface area contributed by atoms with Crippen molar-refractivity contribution in [2.45, 2.75) is 23.4 Å². The van der Waals surface area contributed by atoms with Crippen molar-refractivity contribution in [1.29, 1.82) is 0 Å². The van der Waals surface area contributed by atoms with E-state index in [4.69, 9.17) is 0 Å². The minimum Gasteiger partial charge on any atom is -0.481 e. The van der Waals surface area contributed by atoms with Crippen LogP contribution in [-0.2, 0) is 20.4 Å². The van der Waals surface area contributed by atoms with Crippen molar-refractivity contribution in [2.75, 3.05) is 0 Å². The molecule has 34 heavy (non-hydrogen) atoms. The summed E-state index contributed by atoms with van der Waals surface area (Å²) in [7, 11) is 0. The molecule has 0 spiro atoms. The van der Waals surface area contributed by atoms with Crippen LogP contribution in [0.3, 0.4) is 0 Å². The van der Waals surface area contributed by atoms with Crippen molar-refractivity contribution >= 4 is 23.9 Å². The first-order valence-corrected chi connectivity index (χ1v) is 9.67. The molecule has 0 radical (unpaired) electrons. The summed E-state index contributed by atoms with van der Waals surface area (Å²) in [4.78, 5) is 47.4. The Morgan fingerprint density at radius 3 is 1.88 bits per heavy atom. The highest BCUT2D eigenvalue weighted by molar-refractivity contribution is 6.02. The Kier molecular flexibility index (Phi) is 6.00. The average molecular weight is 478 g/mol. The van der Waals surface area contributed by atoms with Crippen LogP contribution in [0.25, 0.3) is 0 Å². The van der Waals surface area contributed by atoms with E-state index in [-0.39, 0.29) is 5.56 Å². The van der Waals surface area contributed by atoms with Crippen LogP contribution in [0.2, 0.25) is 0 Å². The summed E-state index contributed by atoms with van der Waals surface area (Å²) in [6, 6.07) is 8.59. The van der Waals surface area contributed by atoms with Crippen LogP contribution in [0.15, 0.2) is 60.7 Å². The van der Waals surface area contributed by atoms with E-state index < -0.39 is 69.9 Å². The fraction of sp³-hybridized carbons (Fsp3) is 0.217. The molecule has 4 N–H and O–H groups in total. The Hall–Kier alpha value is -4.15. The number of allylic oxidation sites excluding steroid dienone is 1. The lowest BCUT2D eigenvalue weighted by Gasteiger charge is -2.46. The summed E-state index contributed by atoms with van der Waals surface area (Å²) in [6.45, 7) is 0. The summed E-state index contributed by atoms with van der Waals surface area (Å²) in [5.41, 5.74) is -8.31. The first-order chi connectivity index (χ1) is 15.8. The third-order valence-corrected chi connectivity index (χ3v) is 6.10. The van der Waals surface area contributed by atoms with Crippen LogP contribution < -0.4 is 0 Å². The molecule has 2 aromatic rings. The molecule has 0 aliphatic heterocycles. The molecular weight excluding hydrogens is 461 g/mol. The molecule has 178 valence electrons. The van der Waals surface area contributed by atoms with Gasteiger partial charge in [0.15, 0.2) is 0 Å². The monoisotopic (exact) mass is 478 g/mol. The van der Waals surface area contributed by atoms with Crippen LogP contribution in [0.4, 0.5) is 13.2 Å². The van der Waals surface area contributed by atoms with Gasteiger partial charge in [-0.25, -0.2) is 9.59 Å². The van der Waals surface area contributed by atoms with Gasteiger partial charge in [0.25, 0.3) is 0 Å². The number of hydrogen-bond donors (Lipinski definition) is 4. The molecule has 11 heteroatoms. The van der Waals surface area contributed by atoms with Gasteiger partial charge in [-0.15, -0.1) is 0 Å². The first kappa shape index (κ1) is 24.5. The number of carboxylic acid groups (broad SMARTS) is 4. The summed E-state index contributed by atoms with van der Waals surface area (Å²) in [5.74, 6) is -8.83. The lowest BCUT2D eigenvalue weighted by molar-refractivity contribution is -0.190. The van der Waals surface area contributed by atoms with Gasteiger partial charge >= 0.3 is 30.1 Å². The molecule has 3 rings (SSSR count). The minimum atomic E-state index is -5.21. The van der Waals surface area contributed by atoms with Crippen molar-refractivity contribution in [3.05, 3.63) is 82.9 Å². The lowest BCUT2D eigenvalue weighted by atomic mass is 9.55. The maximum Gasteiger partial charge on any atom is 0.401 e. The zero-order valence-electron chi connectivity index (χ0n) is 17.1. The molecule has 0 amide bonds. The molecule has 1 aliphatic rings. The van der Waals surface area contributed by atoms with E-state index in [2.05, 4.69) is 0 Å². The molecule has 0 saturated carbocycles. The van der Waals surface area contributed by atoms with Crippen LogP contribution in [0.5, 0.6) is 0 Å². The first-order valence-electron chi connectivity index (χ1n) is 9.67. The molecule has 0 bridgehead atoms. The van der Waals surface area contributed by atoms with Gasteiger partial charge in [0.05, 0.1) is 17.0 Å². The number of benzene rings is 2. The zero-order valence-corrected chi connectivity index (χ0v) is 17.1. The van der Waals surface area contributed by atoms with E-state index in [9.17, 15) is 52.8 Å². The Morgan fingerprint density at radius 1 is 0.824 bits per heavy atom. The van der Waals surface area contributed by atoms with E-state index in [1.807, 2.05) is 0 Å². The third-order valence-electron chi connectivity index (χ3n) is 6.10. The summed E-state index contributed by atoms with van der Waals surface area (Å²) in [5, 5.41) is 38.4. The standard InChI is InChI=1S/C23H17F3O8/c24-23(25,26)21(13-6-7-14(17(27)28)15(10-13)18(29)30)9-8-16(19(31)32)22(11-21,20(33)34)12-4-2-1-3-5-12/h1-10,16H,11H2,(H,27,28)(H,29,30)(H,31,32)(H,33,34). The number of hydrogen-bond acceptors (Lipinski definition) is 4. The van der Waals surface area contributed by atoms with Crippen LogP contribution in [-0.4, -0.2) is 50.5 Å². The SMILES string of the molecule is O=C(O)c1ccc(C2(C(F)(F)F)C=CC(C(=O)O)C(C(=O)O)(c3ccccc3)C2)cc1C(=O)O. The van der Waals surface area contributed by atoms with Gasteiger partial charge in [-0.1, -0.05) is 48.6 Å². The molecule has 1 aliphatic carbocycles. The summed E-state index contributed by atoms with van der Waals surface area (Å²) >= 11 is 0. The van der Waals surface area contributed by atoms with Gasteiger partial charge in [-0.3, -0.25) is 9.59 Å². The second-order valence-corrected chi connectivity index (χ2v) is 7.83. The third kappa shape index (κ3) is 3.68. The molecule has 2 aromatic carbocycles. The second-order valence-electron chi connectivity index (χ2n) is 7.83. The fourth-order valence-electron chi connectivity index (χ4n) is 4.42. The average Bonchev–Trinajstić information content (AvgIpc) is 2.77. The number of carbonyl (C=O) groups is 4. The van der Waals surface area contributed by atoms with Gasteiger partial charge < -0.3 is 20.4 Å². The van der Waals surface area contributed by atoms with E-state index >= 15 is 0 Å². The number of rotatable bonds is 6. The largest absolute Gasteiger partial charge is 0.481 e. The van der Waals surface area contributed by atoms with Crippen LogP contribution >= 0.6 is 0 Å². The minimum absolute atomic E-state index is 0.187. The second kappa shape index (κ2) is 8.32. The summed E-state index contributed by atoms with van der Waals surface area (Å²) < 4.78 is 44.0. The van der Waals surface area contributed by atoms with Gasteiger partial charge in [0.2, 0.25) is 0 Å². The molecule has 3 atom stereocenters. The Balaban J connectivity index is 2.40. The predicted octanol–water partition coefficient (Wildman–Crippen LogP) is 3.57. The highest BCUT2D eigenvalue weighted by atomic mass is 19.4. The molecule has 0 fully saturated rings. The number of carboxylic acids is 4. The molecule has 8 nitrogen and oxygen atoms in total. The van der Waals surface area contributed by atoms with Crippen LogP contribution in [0.1, 0.15) is 38.3 Å². The molecule has 3 unspecified atom stereocenters. The molecule has 0 saturated heterocycles. The molecular formula is C23H17F3O8. The number of aliphatic carboxylic acids is 2. The van der Waals surface area contributed by atoms with Crippen molar-refractivity contribution in [3.63, 3.8) is 0 Å². The smallest absolute Gasteiger partial charge is 0.401 e. The predicted molar refractivity (Wildman–Crippen MR) is 109 cm³/mol. The van der Waals surface area contributed by atoms with Crippen molar-refractivity contribution in [1.82, 2.24) is 0 Å². The van der Waals surface area contributed by atoms with Gasteiger partial charge in [-0.05, 0) is 29.7 Å². The maximum atomic E-state index is 14.7. The maximum absolute atomic E-state index is 14.7. The van der Waals surface area contributed by atoms with Crippen molar-refractivity contribution in [2.24, 2.45) is 5.92 Å². The van der Waals surface area contributed by atoms with Gasteiger partial charge in [0, 0.05) is 0 Å². The molecule has 0 aromatic heterocycles. The number of halogens is 3. The van der Waals surface area contributed by atoms with Gasteiger partial charge in [0.1, 0.15) is 10.8 Å². The van der Waals surface area contributed by atoms with E-state index in [0.717, 1.165) is 6.07 Å². The van der Waals surface area contributed by atoms with Crippen molar-refractivity contribution < 1.29 is 52.8 Å².